The molecule has 1 atom stereocenters. The lowest BCUT2D eigenvalue weighted by atomic mass is 9.97. The smallest absolute Gasteiger partial charge is 0.246 e. The molecule has 1 aromatic carbocycles. The van der Waals surface area contributed by atoms with Crippen LogP contribution in [0.3, 0.4) is 0 Å². The Kier molecular flexibility index (Phi) is 3.26. The Morgan fingerprint density at radius 3 is 2.90 bits per heavy atom. The molecule has 1 unspecified atom stereocenters. The highest BCUT2D eigenvalue weighted by Crippen LogP contribution is 2.43. The van der Waals surface area contributed by atoms with Gasteiger partial charge in [0.25, 0.3) is 0 Å². The third-order valence-corrected chi connectivity index (χ3v) is 4.07. The molecule has 0 aliphatic heterocycles. The number of hydrogen-bond donors (Lipinski definition) is 1. The Morgan fingerprint density at radius 2 is 2.25 bits per heavy atom. The molecule has 1 aliphatic carbocycles. The van der Waals surface area contributed by atoms with Gasteiger partial charge in [-0.05, 0) is 43.4 Å². The lowest BCUT2D eigenvalue weighted by Crippen LogP contribution is -2.35. The first-order chi connectivity index (χ1) is 9.46. The molecule has 3 rings (SSSR count). The minimum atomic E-state index is -0.572. The second-order valence-electron chi connectivity index (χ2n) is 5.49. The maximum atomic E-state index is 13.0. The van der Waals surface area contributed by atoms with Crippen LogP contribution in [0.4, 0.5) is 4.39 Å². The van der Waals surface area contributed by atoms with Crippen LogP contribution in [0.2, 0.25) is 5.02 Å². The topological polar surface area (TPSA) is 64.9 Å². The Bertz CT molecular complexity index is 637. The SMILES string of the molecule is CC(N)(c1nc(Cc2ccc(F)cc2Cl)no1)C1CC1. The fraction of sp³-hybridized carbons (Fsp3) is 0.429. The Balaban J connectivity index is 1.80. The first kappa shape index (κ1) is 13.5. The number of aromatic nitrogens is 2. The standard InChI is InChI=1S/C14H15ClFN3O/c1-14(17,9-3-4-9)13-18-12(19-20-13)6-8-2-5-10(16)7-11(8)15/h2,5,7,9H,3-4,6,17H2,1H3. The van der Waals surface area contributed by atoms with Crippen molar-refractivity contribution < 1.29 is 8.91 Å². The van der Waals surface area contributed by atoms with Gasteiger partial charge in [0, 0.05) is 11.4 Å². The van der Waals surface area contributed by atoms with Crippen LogP contribution in [-0.2, 0) is 12.0 Å². The second-order valence-corrected chi connectivity index (χ2v) is 5.89. The van der Waals surface area contributed by atoms with Crippen LogP contribution in [0, 0.1) is 11.7 Å². The van der Waals surface area contributed by atoms with Crippen molar-refractivity contribution in [3.8, 4) is 0 Å². The molecule has 0 bridgehead atoms. The summed E-state index contributed by atoms with van der Waals surface area (Å²) in [5.74, 6) is 1.00. The summed E-state index contributed by atoms with van der Waals surface area (Å²) in [6.45, 7) is 1.91. The van der Waals surface area contributed by atoms with E-state index in [-0.39, 0.29) is 5.82 Å². The maximum Gasteiger partial charge on any atom is 0.246 e. The monoisotopic (exact) mass is 295 g/mol. The molecule has 1 aromatic heterocycles. The average molecular weight is 296 g/mol. The predicted molar refractivity (Wildman–Crippen MR) is 72.8 cm³/mol. The van der Waals surface area contributed by atoms with E-state index in [1.54, 1.807) is 6.07 Å². The molecule has 1 aliphatic rings. The quantitative estimate of drug-likeness (QED) is 0.941. The van der Waals surface area contributed by atoms with Gasteiger partial charge in [-0.3, -0.25) is 0 Å². The lowest BCUT2D eigenvalue weighted by Gasteiger charge is -2.18. The van der Waals surface area contributed by atoms with Gasteiger partial charge >= 0.3 is 0 Å². The highest BCUT2D eigenvalue weighted by molar-refractivity contribution is 6.31. The van der Waals surface area contributed by atoms with Crippen molar-refractivity contribution in [3.05, 3.63) is 46.3 Å². The summed E-state index contributed by atoms with van der Waals surface area (Å²) in [5, 5.41) is 4.29. The molecule has 0 spiro atoms. The van der Waals surface area contributed by atoms with Gasteiger partial charge < -0.3 is 10.3 Å². The minimum absolute atomic E-state index is 0.356. The van der Waals surface area contributed by atoms with E-state index in [2.05, 4.69) is 10.1 Å². The molecular formula is C14H15ClFN3O. The Labute approximate surface area is 121 Å². The molecule has 0 saturated heterocycles. The summed E-state index contributed by atoms with van der Waals surface area (Å²) < 4.78 is 18.3. The van der Waals surface area contributed by atoms with Crippen LogP contribution < -0.4 is 5.73 Å². The summed E-state index contributed by atoms with van der Waals surface area (Å²) in [5.41, 5.74) is 6.41. The largest absolute Gasteiger partial charge is 0.337 e. The van der Waals surface area contributed by atoms with E-state index >= 15 is 0 Å². The lowest BCUT2D eigenvalue weighted by molar-refractivity contribution is 0.272. The molecule has 1 saturated carbocycles. The number of benzene rings is 1. The van der Waals surface area contributed by atoms with Crippen LogP contribution in [0.1, 0.15) is 37.0 Å². The molecule has 6 heteroatoms. The number of nitrogens with zero attached hydrogens (tertiary/aromatic N) is 2. The summed E-state index contributed by atoms with van der Waals surface area (Å²) in [6, 6.07) is 4.25. The maximum absolute atomic E-state index is 13.0. The number of hydrogen-bond acceptors (Lipinski definition) is 4. The van der Waals surface area contributed by atoms with Crippen molar-refractivity contribution in [2.24, 2.45) is 11.7 Å². The van der Waals surface area contributed by atoms with Gasteiger partial charge in [0.1, 0.15) is 5.82 Å². The normalized spacial score (nSPS) is 18.0. The summed E-state index contributed by atoms with van der Waals surface area (Å²) in [7, 11) is 0. The highest BCUT2D eigenvalue weighted by Gasteiger charge is 2.43. The molecule has 4 nitrogen and oxygen atoms in total. The van der Waals surface area contributed by atoms with Crippen molar-refractivity contribution in [2.75, 3.05) is 0 Å². The minimum Gasteiger partial charge on any atom is -0.337 e. The molecule has 1 heterocycles. The van der Waals surface area contributed by atoms with E-state index in [0.717, 1.165) is 18.4 Å². The van der Waals surface area contributed by atoms with E-state index < -0.39 is 5.54 Å². The third kappa shape index (κ3) is 2.55. The van der Waals surface area contributed by atoms with Crippen molar-refractivity contribution in [3.63, 3.8) is 0 Å². The van der Waals surface area contributed by atoms with Gasteiger partial charge in [-0.2, -0.15) is 4.98 Å². The van der Waals surface area contributed by atoms with Gasteiger partial charge in [0.15, 0.2) is 5.82 Å². The van der Waals surface area contributed by atoms with Gasteiger partial charge in [-0.1, -0.05) is 22.8 Å². The zero-order valence-electron chi connectivity index (χ0n) is 11.1. The molecule has 1 fully saturated rings. The van der Waals surface area contributed by atoms with E-state index in [9.17, 15) is 4.39 Å². The van der Waals surface area contributed by atoms with E-state index in [1.165, 1.54) is 12.1 Å². The molecule has 0 amide bonds. The summed E-state index contributed by atoms with van der Waals surface area (Å²) in [4.78, 5) is 4.35. The number of halogens is 2. The molecule has 0 radical (unpaired) electrons. The van der Waals surface area contributed by atoms with Crippen molar-refractivity contribution >= 4 is 11.6 Å². The first-order valence-corrected chi connectivity index (χ1v) is 6.90. The zero-order valence-corrected chi connectivity index (χ0v) is 11.8. The predicted octanol–water partition coefficient (Wildman–Crippen LogP) is 3.04. The van der Waals surface area contributed by atoms with Crippen LogP contribution >= 0.6 is 11.6 Å². The average Bonchev–Trinajstić information content (AvgIpc) is 3.14. The van der Waals surface area contributed by atoms with Gasteiger partial charge in [0.2, 0.25) is 5.89 Å². The van der Waals surface area contributed by atoms with Crippen molar-refractivity contribution in [1.29, 1.82) is 0 Å². The second kappa shape index (κ2) is 4.82. The van der Waals surface area contributed by atoms with Crippen LogP contribution in [0.25, 0.3) is 0 Å². The van der Waals surface area contributed by atoms with Gasteiger partial charge in [-0.25, -0.2) is 4.39 Å². The molecule has 106 valence electrons. The fourth-order valence-electron chi connectivity index (χ4n) is 2.24. The van der Waals surface area contributed by atoms with Gasteiger partial charge in [-0.15, -0.1) is 0 Å². The number of nitrogens with two attached hydrogens (primary N) is 1. The Hall–Kier alpha value is -1.46. The molecule has 2 N–H and O–H groups in total. The zero-order chi connectivity index (χ0) is 14.3. The van der Waals surface area contributed by atoms with Crippen molar-refractivity contribution in [1.82, 2.24) is 10.1 Å². The Morgan fingerprint density at radius 1 is 1.50 bits per heavy atom. The van der Waals surface area contributed by atoms with E-state index in [0.29, 0.717) is 29.1 Å². The van der Waals surface area contributed by atoms with Crippen LogP contribution in [0.15, 0.2) is 22.7 Å². The summed E-state index contributed by atoms with van der Waals surface area (Å²) in [6.07, 6.45) is 2.58. The summed E-state index contributed by atoms with van der Waals surface area (Å²) >= 11 is 5.99. The molecule has 20 heavy (non-hydrogen) atoms. The van der Waals surface area contributed by atoms with E-state index in [1.807, 2.05) is 6.92 Å². The van der Waals surface area contributed by atoms with Crippen LogP contribution in [0.5, 0.6) is 0 Å². The third-order valence-electron chi connectivity index (χ3n) is 3.72. The van der Waals surface area contributed by atoms with Crippen molar-refractivity contribution in [2.45, 2.75) is 31.7 Å². The van der Waals surface area contributed by atoms with E-state index in [4.69, 9.17) is 21.9 Å². The van der Waals surface area contributed by atoms with Crippen LogP contribution in [-0.4, -0.2) is 10.1 Å². The number of rotatable bonds is 4. The first-order valence-electron chi connectivity index (χ1n) is 6.52. The highest BCUT2D eigenvalue weighted by atomic mass is 35.5. The molecule has 2 aromatic rings. The van der Waals surface area contributed by atoms with Gasteiger partial charge in [0.05, 0.1) is 5.54 Å². The molecular weight excluding hydrogens is 281 g/mol. The fourth-order valence-corrected chi connectivity index (χ4v) is 2.47.